The van der Waals surface area contributed by atoms with Crippen LogP contribution in [0.25, 0.3) is 0 Å². The molecule has 144 valence electrons. The van der Waals surface area contributed by atoms with Gasteiger partial charge in [-0.05, 0) is 43.4 Å². The number of hydrogen-bond acceptors (Lipinski definition) is 5. The van der Waals surface area contributed by atoms with Gasteiger partial charge in [0.05, 0.1) is 10.9 Å². The summed E-state index contributed by atoms with van der Waals surface area (Å²) in [5.74, 6) is 0.115. The van der Waals surface area contributed by atoms with Gasteiger partial charge >= 0.3 is 0 Å². The molecule has 27 heavy (non-hydrogen) atoms. The molecule has 1 atom stereocenters. The lowest BCUT2D eigenvalue weighted by molar-refractivity contribution is -0.130. The van der Waals surface area contributed by atoms with Crippen LogP contribution < -0.4 is 4.72 Å². The summed E-state index contributed by atoms with van der Waals surface area (Å²) in [5.41, 5.74) is 0.959. The first-order chi connectivity index (χ1) is 13.0. The Bertz CT molecular complexity index is 892. The number of aryl methyl sites for hydroxylation is 1. The van der Waals surface area contributed by atoms with E-state index in [0.29, 0.717) is 19.4 Å². The summed E-state index contributed by atoms with van der Waals surface area (Å²) in [6.07, 6.45) is 6.91. The van der Waals surface area contributed by atoms with E-state index in [2.05, 4.69) is 14.8 Å². The molecule has 1 aromatic heterocycles. The van der Waals surface area contributed by atoms with Crippen molar-refractivity contribution in [2.45, 2.75) is 49.1 Å². The molecular formula is C18H23N5O3S. The van der Waals surface area contributed by atoms with Crippen LogP contribution in [0.5, 0.6) is 0 Å². The quantitative estimate of drug-likeness (QED) is 0.765. The van der Waals surface area contributed by atoms with Crippen molar-refractivity contribution in [2.24, 2.45) is 0 Å². The van der Waals surface area contributed by atoms with E-state index in [1.54, 1.807) is 30.6 Å². The van der Waals surface area contributed by atoms with Crippen molar-refractivity contribution in [3.05, 3.63) is 42.5 Å². The Morgan fingerprint density at radius 2 is 1.96 bits per heavy atom. The van der Waals surface area contributed by atoms with Crippen LogP contribution in [0, 0.1) is 0 Å². The number of aromatic nitrogens is 3. The molecule has 1 aliphatic heterocycles. The van der Waals surface area contributed by atoms with E-state index in [9.17, 15) is 13.2 Å². The largest absolute Gasteiger partial charge is 0.340 e. The number of sulfonamides is 1. The molecule has 2 aliphatic rings. The maximum atomic E-state index is 12.5. The molecular weight excluding hydrogens is 366 g/mol. The van der Waals surface area contributed by atoms with Gasteiger partial charge in [-0.25, -0.2) is 22.8 Å². The number of nitrogens with zero attached hydrogens (tertiary/aromatic N) is 4. The van der Waals surface area contributed by atoms with Gasteiger partial charge in [0.1, 0.15) is 12.7 Å². The third kappa shape index (κ3) is 4.36. The monoisotopic (exact) mass is 389 g/mol. The van der Waals surface area contributed by atoms with Crippen LogP contribution in [0.3, 0.4) is 0 Å². The minimum Gasteiger partial charge on any atom is -0.340 e. The number of rotatable bonds is 7. The van der Waals surface area contributed by atoms with E-state index in [4.69, 9.17) is 0 Å². The highest BCUT2D eigenvalue weighted by Crippen LogP contribution is 2.23. The second-order valence-electron chi connectivity index (χ2n) is 7.20. The second-order valence-corrected chi connectivity index (χ2v) is 8.91. The fraction of sp³-hybridized carbons (Fsp3) is 0.500. The fourth-order valence-corrected chi connectivity index (χ4v) is 4.63. The van der Waals surface area contributed by atoms with Gasteiger partial charge in [0.25, 0.3) is 0 Å². The molecule has 2 aromatic rings. The van der Waals surface area contributed by atoms with E-state index >= 15 is 0 Å². The Morgan fingerprint density at radius 1 is 1.19 bits per heavy atom. The number of nitrogens with one attached hydrogen (secondary N) is 1. The zero-order valence-electron chi connectivity index (χ0n) is 15.0. The van der Waals surface area contributed by atoms with Crippen LogP contribution in [0.2, 0.25) is 0 Å². The molecule has 1 amide bonds. The summed E-state index contributed by atoms with van der Waals surface area (Å²) in [7, 11) is -3.42. The standard InChI is InChI=1S/C18H23N5O3S/c24-18(22-10-9-16(11-22)23-13-19-12-20-23)8-3-14-1-6-17(7-2-14)27(25,26)21-15-4-5-15/h1-2,6-7,12-13,15-16,21H,3-5,8-11H2/t16-/m1/s1. The number of hydrogen-bond donors (Lipinski definition) is 1. The minimum atomic E-state index is -3.42. The fourth-order valence-electron chi connectivity index (χ4n) is 3.32. The van der Waals surface area contributed by atoms with Crippen LogP contribution in [-0.4, -0.2) is 53.1 Å². The predicted molar refractivity (Wildman–Crippen MR) is 98.4 cm³/mol. The molecule has 4 rings (SSSR count). The Kier molecular flexibility index (Phi) is 4.96. The Balaban J connectivity index is 1.29. The number of carbonyl (C=O) groups excluding carboxylic acids is 1. The van der Waals surface area contributed by atoms with Gasteiger partial charge in [-0.15, -0.1) is 0 Å². The number of amides is 1. The molecule has 9 heteroatoms. The molecule has 1 saturated carbocycles. The topological polar surface area (TPSA) is 97.2 Å². The molecule has 1 saturated heterocycles. The maximum absolute atomic E-state index is 12.5. The van der Waals surface area contributed by atoms with Crippen molar-refractivity contribution in [1.82, 2.24) is 24.4 Å². The molecule has 0 spiro atoms. The first kappa shape index (κ1) is 18.1. The molecule has 1 aromatic carbocycles. The number of likely N-dealkylation sites (tertiary alicyclic amines) is 1. The Labute approximate surface area is 158 Å². The van der Waals surface area contributed by atoms with Crippen LogP contribution >= 0.6 is 0 Å². The van der Waals surface area contributed by atoms with E-state index in [1.165, 1.54) is 6.33 Å². The average Bonchev–Trinajstić information content (AvgIpc) is 3.14. The summed E-state index contributed by atoms with van der Waals surface area (Å²) in [6.45, 7) is 1.39. The zero-order valence-corrected chi connectivity index (χ0v) is 15.8. The summed E-state index contributed by atoms with van der Waals surface area (Å²) < 4.78 is 28.8. The van der Waals surface area contributed by atoms with Gasteiger partial charge < -0.3 is 4.90 Å². The number of benzene rings is 1. The Hall–Kier alpha value is -2.26. The predicted octanol–water partition coefficient (Wildman–Crippen LogP) is 1.12. The van der Waals surface area contributed by atoms with Gasteiger partial charge in [0.15, 0.2) is 0 Å². The third-order valence-electron chi connectivity index (χ3n) is 5.09. The van der Waals surface area contributed by atoms with Crippen molar-refractivity contribution >= 4 is 15.9 Å². The van der Waals surface area contributed by atoms with E-state index in [-0.39, 0.29) is 22.9 Å². The first-order valence-electron chi connectivity index (χ1n) is 9.24. The number of carbonyl (C=O) groups is 1. The molecule has 1 aliphatic carbocycles. The average molecular weight is 389 g/mol. The lowest BCUT2D eigenvalue weighted by Gasteiger charge is -2.16. The smallest absolute Gasteiger partial charge is 0.240 e. The molecule has 0 unspecified atom stereocenters. The van der Waals surface area contributed by atoms with Gasteiger partial charge in [-0.2, -0.15) is 5.10 Å². The Morgan fingerprint density at radius 3 is 2.63 bits per heavy atom. The second kappa shape index (κ2) is 7.40. The van der Waals surface area contributed by atoms with Gasteiger partial charge in [-0.1, -0.05) is 12.1 Å². The van der Waals surface area contributed by atoms with Crippen LogP contribution in [-0.2, 0) is 21.2 Å². The molecule has 1 N–H and O–H groups in total. The van der Waals surface area contributed by atoms with Crippen molar-refractivity contribution in [2.75, 3.05) is 13.1 Å². The molecule has 8 nitrogen and oxygen atoms in total. The molecule has 2 heterocycles. The van der Waals surface area contributed by atoms with Crippen molar-refractivity contribution in [3.63, 3.8) is 0 Å². The van der Waals surface area contributed by atoms with Crippen LogP contribution in [0.15, 0.2) is 41.8 Å². The highest BCUT2D eigenvalue weighted by molar-refractivity contribution is 7.89. The van der Waals surface area contributed by atoms with Crippen LogP contribution in [0.1, 0.15) is 37.3 Å². The normalized spacial score (nSPS) is 20.1. The highest BCUT2D eigenvalue weighted by atomic mass is 32.2. The maximum Gasteiger partial charge on any atom is 0.240 e. The van der Waals surface area contributed by atoms with Crippen molar-refractivity contribution < 1.29 is 13.2 Å². The summed E-state index contributed by atoms with van der Waals surface area (Å²) in [5, 5.41) is 4.15. The van der Waals surface area contributed by atoms with Crippen molar-refractivity contribution in [3.8, 4) is 0 Å². The minimum absolute atomic E-state index is 0.0918. The summed E-state index contributed by atoms with van der Waals surface area (Å²) in [4.78, 5) is 18.6. The lowest BCUT2D eigenvalue weighted by atomic mass is 10.1. The van der Waals surface area contributed by atoms with Gasteiger partial charge in [-0.3, -0.25) is 4.79 Å². The SMILES string of the molecule is O=C(CCc1ccc(S(=O)(=O)NC2CC2)cc1)N1CC[C@@H](n2cncn2)C1. The molecule has 2 fully saturated rings. The zero-order chi connectivity index (χ0) is 18.9. The first-order valence-corrected chi connectivity index (χ1v) is 10.7. The van der Waals surface area contributed by atoms with Crippen LogP contribution in [0.4, 0.5) is 0 Å². The van der Waals surface area contributed by atoms with E-state index < -0.39 is 10.0 Å². The third-order valence-corrected chi connectivity index (χ3v) is 6.62. The summed E-state index contributed by atoms with van der Waals surface area (Å²) in [6, 6.07) is 7.09. The van der Waals surface area contributed by atoms with Gasteiger partial charge in [0, 0.05) is 25.6 Å². The summed E-state index contributed by atoms with van der Waals surface area (Å²) >= 11 is 0. The molecule has 0 bridgehead atoms. The van der Waals surface area contributed by atoms with Gasteiger partial charge in [0.2, 0.25) is 15.9 Å². The van der Waals surface area contributed by atoms with E-state index in [0.717, 1.165) is 31.4 Å². The highest BCUT2D eigenvalue weighted by Gasteiger charge is 2.28. The van der Waals surface area contributed by atoms with E-state index in [1.807, 2.05) is 9.58 Å². The lowest BCUT2D eigenvalue weighted by Crippen LogP contribution is -2.29. The van der Waals surface area contributed by atoms with Crippen molar-refractivity contribution in [1.29, 1.82) is 0 Å². The molecule has 0 radical (unpaired) electrons.